The fourth-order valence-electron chi connectivity index (χ4n) is 4.88. The van der Waals surface area contributed by atoms with Crippen LogP contribution in [0.25, 0.3) is 10.3 Å². The summed E-state index contributed by atoms with van der Waals surface area (Å²) in [5.41, 5.74) is 1.52. The molecule has 8 heteroatoms. The molecule has 0 aliphatic carbocycles. The number of anilines is 1. The van der Waals surface area contributed by atoms with Crippen molar-refractivity contribution in [3.05, 3.63) is 52.1 Å². The molecular formula is C24H28N4O3S. The third kappa shape index (κ3) is 4.09. The minimum absolute atomic E-state index is 0.0759. The van der Waals surface area contributed by atoms with Gasteiger partial charge in [-0.25, -0.2) is 9.97 Å². The zero-order valence-corrected chi connectivity index (χ0v) is 19.1. The summed E-state index contributed by atoms with van der Waals surface area (Å²) in [6.45, 7) is 4.01. The first kappa shape index (κ1) is 21.3. The van der Waals surface area contributed by atoms with Crippen LogP contribution in [-0.2, 0) is 16.0 Å². The van der Waals surface area contributed by atoms with Crippen molar-refractivity contribution in [2.45, 2.75) is 57.5 Å². The number of hydrogen-bond donors (Lipinski definition) is 0. The molecule has 0 saturated carbocycles. The van der Waals surface area contributed by atoms with Gasteiger partial charge in [-0.2, -0.15) is 0 Å². The minimum atomic E-state index is -0.168. The molecule has 0 amide bonds. The molecule has 2 fully saturated rings. The van der Waals surface area contributed by atoms with Crippen LogP contribution in [0.5, 0.6) is 0 Å². The molecule has 0 spiro atoms. The summed E-state index contributed by atoms with van der Waals surface area (Å²) in [6, 6.07) is 10.1. The third-order valence-corrected chi connectivity index (χ3v) is 7.55. The molecule has 3 aromatic rings. The van der Waals surface area contributed by atoms with E-state index in [0.717, 1.165) is 49.6 Å². The molecule has 0 unspecified atom stereocenters. The van der Waals surface area contributed by atoms with Crippen LogP contribution >= 0.6 is 11.3 Å². The fourth-order valence-corrected chi connectivity index (χ4v) is 5.94. The van der Waals surface area contributed by atoms with Crippen LogP contribution in [0.4, 0.5) is 5.13 Å². The van der Waals surface area contributed by atoms with Crippen molar-refractivity contribution in [2.75, 3.05) is 24.7 Å². The Kier molecular flexibility index (Phi) is 6.06. The van der Waals surface area contributed by atoms with E-state index in [4.69, 9.17) is 14.7 Å². The van der Waals surface area contributed by atoms with Gasteiger partial charge in [0.05, 0.1) is 6.04 Å². The van der Waals surface area contributed by atoms with Gasteiger partial charge < -0.3 is 9.64 Å². The van der Waals surface area contributed by atoms with E-state index < -0.39 is 0 Å². The lowest BCUT2D eigenvalue weighted by Gasteiger charge is -2.25. The molecule has 7 nitrogen and oxygen atoms in total. The standard InChI is InChI=1S/C24H28N4O3S/c1-16-25-22-21(23(30)28(16)18-11-14-31-15-12-18)26-24(32-22)27-13-5-8-19(27)20(29)10-9-17-6-3-2-4-7-17/h2-4,6-7,18-19H,5,8-15H2,1H3/t19-/m1/s1. The number of ketones is 1. The van der Waals surface area contributed by atoms with Crippen LogP contribution in [0.15, 0.2) is 35.1 Å². The first-order chi connectivity index (χ1) is 15.6. The third-order valence-electron chi connectivity index (χ3n) is 6.56. The van der Waals surface area contributed by atoms with Crippen LogP contribution < -0.4 is 10.5 Å². The zero-order valence-electron chi connectivity index (χ0n) is 18.3. The summed E-state index contributed by atoms with van der Waals surface area (Å²) in [7, 11) is 0. The highest BCUT2D eigenvalue weighted by Crippen LogP contribution is 2.33. The van der Waals surface area contributed by atoms with Gasteiger partial charge in [-0.3, -0.25) is 14.2 Å². The Morgan fingerprint density at radius 1 is 1.16 bits per heavy atom. The number of aryl methyl sites for hydroxylation is 2. The molecule has 2 aromatic heterocycles. The van der Waals surface area contributed by atoms with Gasteiger partial charge in [-0.1, -0.05) is 41.7 Å². The van der Waals surface area contributed by atoms with Crippen LogP contribution in [0.2, 0.25) is 0 Å². The zero-order chi connectivity index (χ0) is 22.1. The van der Waals surface area contributed by atoms with Gasteiger partial charge in [0.1, 0.15) is 5.82 Å². The average molecular weight is 453 g/mol. The molecule has 2 aliphatic heterocycles. The second-order valence-corrected chi connectivity index (χ2v) is 9.59. The lowest BCUT2D eigenvalue weighted by molar-refractivity contribution is -0.120. The van der Waals surface area contributed by atoms with E-state index in [-0.39, 0.29) is 23.4 Å². The maximum atomic E-state index is 13.3. The molecule has 1 atom stereocenters. The predicted octanol–water partition coefficient (Wildman–Crippen LogP) is 3.68. The number of Topliss-reactive ketones (excluding diaryl/α,β-unsaturated/α-hetero) is 1. The molecule has 32 heavy (non-hydrogen) atoms. The van der Waals surface area contributed by atoms with Gasteiger partial charge in [0.2, 0.25) is 0 Å². The van der Waals surface area contributed by atoms with Gasteiger partial charge in [0.25, 0.3) is 5.56 Å². The Morgan fingerprint density at radius 2 is 1.94 bits per heavy atom. The normalized spacial score (nSPS) is 19.7. The van der Waals surface area contributed by atoms with Crippen molar-refractivity contribution in [3.8, 4) is 0 Å². The first-order valence-electron chi connectivity index (χ1n) is 11.4. The van der Waals surface area contributed by atoms with Crippen LogP contribution in [0, 0.1) is 6.92 Å². The van der Waals surface area contributed by atoms with Crippen LogP contribution in [0.3, 0.4) is 0 Å². The Labute approximate surface area is 191 Å². The van der Waals surface area contributed by atoms with Crippen LogP contribution in [0.1, 0.15) is 49.5 Å². The molecule has 2 aliphatic rings. The molecule has 0 radical (unpaired) electrons. The predicted molar refractivity (Wildman–Crippen MR) is 126 cm³/mol. The highest BCUT2D eigenvalue weighted by Gasteiger charge is 2.33. The molecule has 1 aromatic carbocycles. The lowest BCUT2D eigenvalue weighted by Crippen LogP contribution is -2.36. The van der Waals surface area contributed by atoms with Gasteiger partial charge in [0, 0.05) is 32.2 Å². The first-order valence-corrected chi connectivity index (χ1v) is 12.2. The smallest absolute Gasteiger partial charge is 0.281 e. The maximum Gasteiger partial charge on any atom is 0.281 e. The van der Waals surface area contributed by atoms with E-state index in [1.165, 1.54) is 16.9 Å². The quantitative estimate of drug-likeness (QED) is 0.568. The SMILES string of the molecule is Cc1nc2sc(N3CCC[C@@H]3C(=O)CCc3ccccc3)nc2c(=O)n1C1CCOCC1. The van der Waals surface area contributed by atoms with Crippen molar-refractivity contribution in [1.29, 1.82) is 0 Å². The second-order valence-electron chi connectivity index (χ2n) is 8.63. The molecule has 0 bridgehead atoms. The topological polar surface area (TPSA) is 77.3 Å². The summed E-state index contributed by atoms with van der Waals surface area (Å²) >= 11 is 1.43. The van der Waals surface area contributed by atoms with Gasteiger partial charge in [-0.05, 0) is 44.6 Å². The van der Waals surface area contributed by atoms with E-state index in [0.29, 0.717) is 30.0 Å². The highest BCUT2D eigenvalue weighted by molar-refractivity contribution is 7.21. The molecular weight excluding hydrogens is 424 g/mol. The number of carbonyl (C=O) groups is 1. The summed E-state index contributed by atoms with van der Waals surface area (Å²) in [5.74, 6) is 0.968. The molecule has 168 valence electrons. The Morgan fingerprint density at radius 3 is 2.72 bits per heavy atom. The fraction of sp³-hybridized carbons (Fsp3) is 0.500. The van der Waals surface area contributed by atoms with Gasteiger partial charge in [-0.15, -0.1) is 0 Å². The maximum absolute atomic E-state index is 13.3. The minimum Gasteiger partial charge on any atom is -0.381 e. The number of hydrogen-bond acceptors (Lipinski definition) is 7. The Hall–Kier alpha value is -2.58. The van der Waals surface area contributed by atoms with E-state index in [9.17, 15) is 9.59 Å². The van der Waals surface area contributed by atoms with Crippen molar-refractivity contribution in [2.24, 2.45) is 0 Å². The van der Waals surface area contributed by atoms with Crippen molar-refractivity contribution < 1.29 is 9.53 Å². The van der Waals surface area contributed by atoms with E-state index in [1.54, 1.807) is 4.57 Å². The lowest BCUT2D eigenvalue weighted by atomic mass is 10.0. The summed E-state index contributed by atoms with van der Waals surface area (Å²) < 4.78 is 7.25. The molecule has 2 saturated heterocycles. The van der Waals surface area contributed by atoms with Crippen molar-refractivity contribution in [3.63, 3.8) is 0 Å². The Balaban J connectivity index is 1.39. The number of ether oxygens (including phenoxy) is 1. The monoisotopic (exact) mass is 452 g/mol. The number of rotatable bonds is 6. The molecule has 4 heterocycles. The number of fused-ring (bicyclic) bond motifs is 1. The second kappa shape index (κ2) is 9.11. The average Bonchev–Trinajstić information content (AvgIpc) is 3.46. The van der Waals surface area contributed by atoms with Crippen molar-refractivity contribution in [1.82, 2.24) is 14.5 Å². The number of nitrogens with zero attached hydrogens (tertiary/aromatic N) is 4. The van der Waals surface area contributed by atoms with Gasteiger partial charge >= 0.3 is 0 Å². The molecule has 5 rings (SSSR count). The van der Waals surface area contributed by atoms with Crippen molar-refractivity contribution >= 4 is 32.6 Å². The number of carbonyl (C=O) groups excluding carboxylic acids is 1. The summed E-state index contributed by atoms with van der Waals surface area (Å²) in [5, 5.41) is 0.740. The molecule has 0 N–H and O–H groups in total. The summed E-state index contributed by atoms with van der Waals surface area (Å²) in [6.07, 6.45) is 4.69. The van der Waals surface area contributed by atoms with E-state index in [2.05, 4.69) is 17.0 Å². The number of benzene rings is 1. The largest absolute Gasteiger partial charge is 0.381 e. The highest BCUT2D eigenvalue weighted by atomic mass is 32.1. The van der Waals surface area contributed by atoms with E-state index >= 15 is 0 Å². The summed E-state index contributed by atoms with van der Waals surface area (Å²) in [4.78, 5) is 38.5. The number of aromatic nitrogens is 3. The van der Waals surface area contributed by atoms with Crippen LogP contribution in [-0.4, -0.2) is 46.1 Å². The Bertz CT molecular complexity index is 1170. The number of thiazole rings is 1. The van der Waals surface area contributed by atoms with E-state index in [1.807, 2.05) is 25.1 Å². The van der Waals surface area contributed by atoms with Gasteiger partial charge in [0.15, 0.2) is 21.3 Å².